The van der Waals surface area contributed by atoms with Crippen LogP contribution in [0.15, 0.2) is 53.4 Å². The molecule has 0 aliphatic carbocycles. The Labute approximate surface area is 159 Å². The third-order valence-corrected chi connectivity index (χ3v) is 5.74. The van der Waals surface area contributed by atoms with Crippen LogP contribution in [-0.2, 0) is 10.0 Å². The van der Waals surface area contributed by atoms with Gasteiger partial charge in [-0.1, -0.05) is 0 Å². The van der Waals surface area contributed by atoms with Crippen LogP contribution >= 0.6 is 0 Å². The molecule has 27 heavy (non-hydrogen) atoms. The summed E-state index contributed by atoms with van der Waals surface area (Å²) in [5.41, 5.74) is 6.72. The fourth-order valence-corrected chi connectivity index (χ4v) is 3.99. The zero-order chi connectivity index (χ0) is 19.4. The topological polar surface area (TPSA) is 102 Å². The highest BCUT2D eigenvalue weighted by molar-refractivity contribution is 7.92. The molecule has 0 aromatic heterocycles. The molecule has 144 valence electrons. The number of hydrogen-bond donors (Lipinski definition) is 2. The molecule has 0 unspecified atom stereocenters. The van der Waals surface area contributed by atoms with Crippen molar-refractivity contribution in [3.05, 3.63) is 54.1 Å². The van der Waals surface area contributed by atoms with Gasteiger partial charge in [-0.05, 0) is 61.9 Å². The summed E-state index contributed by atoms with van der Waals surface area (Å²) >= 11 is 0. The Morgan fingerprint density at radius 3 is 2.41 bits per heavy atom. The summed E-state index contributed by atoms with van der Waals surface area (Å²) in [5.74, 6) is 0.538. The van der Waals surface area contributed by atoms with E-state index in [0.29, 0.717) is 36.7 Å². The van der Waals surface area contributed by atoms with Crippen molar-refractivity contribution in [3.8, 4) is 5.75 Å². The second kappa shape index (κ2) is 7.98. The minimum absolute atomic E-state index is 0.00640. The molecule has 1 atom stereocenters. The van der Waals surface area contributed by atoms with Gasteiger partial charge in [0.05, 0.1) is 11.5 Å². The predicted molar refractivity (Wildman–Crippen MR) is 103 cm³/mol. The number of likely N-dealkylation sites (tertiary alicyclic amines) is 1. The molecule has 1 amide bonds. The molecule has 2 aromatic carbocycles. The minimum Gasteiger partial charge on any atom is -0.494 e. The number of anilines is 1. The van der Waals surface area contributed by atoms with E-state index in [1.54, 1.807) is 29.2 Å². The van der Waals surface area contributed by atoms with E-state index in [4.69, 9.17) is 10.5 Å². The molecule has 1 aliphatic heterocycles. The molecule has 8 heteroatoms. The molecule has 7 nitrogen and oxygen atoms in total. The van der Waals surface area contributed by atoms with Crippen LogP contribution in [0.1, 0.15) is 23.7 Å². The van der Waals surface area contributed by atoms with E-state index in [0.717, 1.165) is 6.42 Å². The number of rotatable bonds is 6. The summed E-state index contributed by atoms with van der Waals surface area (Å²) in [5, 5.41) is 0. The highest BCUT2D eigenvalue weighted by atomic mass is 32.2. The van der Waals surface area contributed by atoms with Crippen molar-refractivity contribution >= 4 is 21.6 Å². The number of ether oxygens (including phenoxy) is 1. The number of sulfonamides is 1. The molecule has 1 saturated heterocycles. The first-order valence-electron chi connectivity index (χ1n) is 8.79. The summed E-state index contributed by atoms with van der Waals surface area (Å²) in [7, 11) is -3.74. The van der Waals surface area contributed by atoms with Crippen LogP contribution in [0.2, 0.25) is 0 Å². The number of nitrogens with two attached hydrogens (primary N) is 1. The van der Waals surface area contributed by atoms with Crippen LogP contribution in [0.3, 0.4) is 0 Å². The van der Waals surface area contributed by atoms with Crippen molar-refractivity contribution in [1.29, 1.82) is 0 Å². The zero-order valence-electron chi connectivity index (χ0n) is 15.1. The Morgan fingerprint density at radius 1 is 1.19 bits per heavy atom. The number of hydrogen-bond acceptors (Lipinski definition) is 5. The third-order valence-electron chi connectivity index (χ3n) is 4.34. The molecule has 1 aliphatic rings. The van der Waals surface area contributed by atoms with Gasteiger partial charge < -0.3 is 15.4 Å². The fraction of sp³-hybridized carbons (Fsp3) is 0.316. The average molecular weight is 389 g/mol. The second-order valence-electron chi connectivity index (χ2n) is 6.39. The van der Waals surface area contributed by atoms with Gasteiger partial charge in [-0.15, -0.1) is 0 Å². The molecule has 0 spiro atoms. The zero-order valence-corrected chi connectivity index (χ0v) is 15.9. The average Bonchev–Trinajstić information content (AvgIpc) is 3.09. The molecule has 1 heterocycles. The molecule has 0 radical (unpaired) electrons. The Balaban J connectivity index is 1.70. The molecule has 1 fully saturated rings. The van der Waals surface area contributed by atoms with Gasteiger partial charge in [0.2, 0.25) is 0 Å². The first-order valence-corrected chi connectivity index (χ1v) is 10.3. The predicted octanol–water partition coefficient (Wildman–Crippen LogP) is 2.06. The van der Waals surface area contributed by atoms with E-state index < -0.39 is 10.0 Å². The van der Waals surface area contributed by atoms with Gasteiger partial charge in [0, 0.05) is 30.4 Å². The van der Waals surface area contributed by atoms with Crippen LogP contribution in [0, 0.1) is 0 Å². The highest BCUT2D eigenvalue weighted by Crippen LogP contribution is 2.20. The Hall–Kier alpha value is -2.58. The number of carbonyl (C=O) groups is 1. The summed E-state index contributed by atoms with van der Waals surface area (Å²) < 4.78 is 32.9. The molecule has 2 aromatic rings. The normalized spacial score (nSPS) is 17.0. The monoisotopic (exact) mass is 389 g/mol. The minimum atomic E-state index is -3.74. The molecule has 0 bridgehead atoms. The molecular weight excluding hydrogens is 366 g/mol. The molecular formula is C19H23N3O4S. The van der Waals surface area contributed by atoms with Gasteiger partial charge in [0.1, 0.15) is 5.75 Å². The van der Waals surface area contributed by atoms with Gasteiger partial charge >= 0.3 is 0 Å². The molecule has 3 rings (SSSR count). The van der Waals surface area contributed by atoms with E-state index in [9.17, 15) is 13.2 Å². The van der Waals surface area contributed by atoms with Crippen LogP contribution in [0.4, 0.5) is 5.69 Å². The maximum Gasteiger partial charge on any atom is 0.261 e. The fourth-order valence-electron chi connectivity index (χ4n) is 2.93. The Morgan fingerprint density at radius 2 is 1.85 bits per heavy atom. The van der Waals surface area contributed by atoms with Crippen LogP contribution in [0.5, 0.6) is 5.75 Å². The lowest BCUT2D eigenvalue weighted by Crippen LogP contribution is -2.31. The lowest BCUT2D eigenvalue weighted by molar-refractivity contribution is 0.0791. The van der Waals surface area contributed by atoms with Crippen molar-refractivity contribution in [2.45, 2.75) is 24.3 Å². The smallest absolute Gasteiger partial charge is 0.261 e. The lowest BCUT2D eigenvalue weighted by atomic mass is 10.2. The Kier molecular flexibility index (Phi) is 5.67. The summed E-state index contributed by atoms with van der Waals surface area (Å²) in [6.07, 6.45) is 0.782. The van der Waals surface area contributed by atoms with E-state index in [1.807, 2.05) is 6.92 Å². The van der Waals surface area contributed by atoms with Crippen molar-refractivity contribution in [2.75, 3.05) is 24.4 Å². The van der Waals surface area contributed by atoms with Crippen LogP contribution in [0.25, 0.3) is 0 Å². The van der Waals surface area contributed by atoms with Crippen molar-refractivity contribution in [2.24, 2.45) is 5.73 Å². The largest absolute Gasteiger partial charge is 0.494 e. The van der Waals surface area contributed by atoms with Gasteiger partial charge in [0.15, 0.2) is 0 Å². The van der Waals surface area contributed by atoms with Crippen LogP contribution in [-0.4, -0.2) is 45.0 Å². The molecule has 0 saturated carbocycles. The van der Waals surface area contributed by atoms with Crippen molar-refractivity contribution in [1.82, 2.24) is 4.90 Å². The van der Waals surface area contributed by atoms with Gasteiger partial charge in [-0.25, -0.2) is 8.42 Å². The quantitative estimate of drug-likeness (QED) is 0.787. The first-order chi connectivity index (χ1) is 12.9. The van der Waals surface area contributed by atoms with Gasteiger partial charge in [0.25, 0.3) is 15.9 Å². The van der Waals surface area contributed by atoms with Crippen molar-refractivity contribution < 1.29 is 17.9 Å². The number of benzene rings is 2. The van der Waals surface area contributed by atoms with E-state index in [1.165, 1.54) is 24.3 Å². The van der Waals surface area contributed by atoms with Gasteiger partial charge in [-0.2, -0.15) is 0 Å². The first kappa shape index (κ1) is 19.2. The Bertz CT molecular complexity index is 896. The molecule has 3 N–H and O–H groups in total. The maximum atomic E-state index is 12.5. The number of nitrogens with one attached hydrogen (secondary N) is 1. The number of carbonyl (C=O) groups excluding carboxylic acids is 1. The van der Waals surface area contributed by atoms with Gasteiger partial charge in [-0.3, -0.25) is 9.52 Å². The maximum absolute atomic E-state index is 12.5. The summed E-state index contributed by atoms with van der Waals surface area (Å²) in [4.78, 5) is 14.2. The third kappa shape index (κ3) is 4.58. The van der Waals surface area contributed by atoms with Crippen LogP contribution < -0.4 is 15.2 Å². The lowest BCUT2D eigenvalue weighted by Gasteiger charge is -2.16. The number of amides is 1. The highest BCUT2D eigenvalue weighted by Gasteiger charge is 2.25. The van der Waals surface area contributed by atoms with E-state index in [2.05, 4.69) is 4.72 Å². The van der Waals surface area contributed by atoms with E-state index in [-0.39, 0.29) is 16.8 Å². The summed E-state index contributed by atoms with van der Waals surface area (Å²) in [6, 6.07) is 12.6. The van der Waals surface area contributed by atoms with Crippen molar-refractivity contribution in [3.63, 3.8) is 0 Å². The number of nitrogens with zero attached hydrogens (tertiary/aromatic N) is 1. The summed E-state index contributed by atoms with van der Waals surface area (Å²) in [6.45, 7) is 3.57. The standard InChI is InChI=1S/C19H23N3O4S/c1-2-26-17-7-5-16(6-8-17)21-27(24,25)18-9-3-14(4-10-18)19(23)22-12-11-15(20)13-22/h3-10,15,21H,2,11-13,20H2,1H3/t15-/m1/s1. The van der Waals surface area contributed by atoms with E-state index >= 15 is 0 Å². The SMILES string of the molecule is CCOc1ccc(NS(=O)(=O)c2ccc(C(=O)N3CC[C@@H](N)C3)cc2)cc1. The second-order valence-corrected chi connectivity index (χ2v) is 8.07.